The standard InChI is InChI=1S/C39H66O16/c1-9-10-11-12-13-14-15-16-17-18-19-47-38-31(45)30(44)34(23(4)49-38)55-39-36(53-26(7)42)28(33(21(2)50-39)51-24(5)40)20-29-37(54-27(8)43)32(46)35(22(3)48-29)52-25(6)41/h21-23,28-39,44-46H,9-20H2,1-8H3/t21-,22-,23-,28+,29+,30-,31+,32+,33-,34-,35-,36+,37-,38+,39+/m0/s1. The van der Waals surface area contributed by atoms with Crippen LogP contribution in [-0.4, -0.2) is 132 Å². The van der Waals surface area contributed by atoms with E-state index in [0.29, 0.717) is 6.61 Å². The van der Waals surface area contributed by atoms with Gasteiger partial charge in [0.15, 0.2) is 30.9 Å². The van der Waals surface area contributed by atoms with Crippen molar-refractivity contribution in [2.24, 2.45) is 5.92 Å². The van der Waals surface area contributed by atoms with E-state index in [0.717, 1.165) is 26.2 Å². The maximum Gasteiger partial charge on any atom is 0.303 e. The molecule has 16 heteroatoms. The number of aliphatic hydroxyl groups excluding tert-OH is 3. The van der Waals surface area contributed by atoms with Gasteiger partial charge >= 0.3 is 23.9 Å². The van der Waals surface area contributed by atoms with Crippen molar-refractivity contribution >= 4 is 23.9 Å². The van der Waals surface area contributed by atoms with Crippen molar-refractivity contribution in [1.29, 1.82) is 0 Å². The Morgan fingerprint density at radius 3 is 1.53 bits per heavy atom. The van der Waals surface area contributed by atoms with Crippen LogP contribution in [0.1, 0.15) is 126 Å². The predicted octanol–water partition coefficient (Wildman–Crippen LogP) is 3.40. The molecule has 0 bridgehead atoms. The molecule has 3 N–H and O–H groups in total. The topological polar surface area (TPSA) is 212 Å². The van der Waals surface area contributed by atoms with E-state index in [9.17, 15) is 34.5 Å². The molecular weight excluding hydrogens is 724 g/mol. The first-order chi connectivity index (χ1) is 26.0. The normalized spacial score (nSPS) is 36.5. The summed E-state index contributed by atoms with van der Waals surface area (Å²) in [7, 11) is 0. The highest BCUT2D eigenvalue weighted by molar-refractivity contribution is 5.67. The summed E-state index contributed by atoms with van der Waals surface area (Å²) in [6.07, 6.45) is -5.19. The molecule has 0 aliphatic carbocycles. The number of hydrogen-bond donors (Lipinski definition) is 3. The van der Waals surface area contributed by atoms with Gasteiger partial charge in [-0.3, -0.25) is 19.2 Å². The fourth-order valence-electron chi connectivity index (χ4n) is 7.73. The second-order valence-electron chi connectivity index (χ2n) is 15.1. The van der Waals surface area contributed by atoms with Gasteiger partial charge < -0.3 is 58.0 Å². The summed E-state index contributed by atoms with van der Waals surface area (Å²) in [5.74, 6) is -3.77. The fourth-order valence-corrected chi connectivity index (χ4v) is 7.73. The van der Waals surface area contributed by atoms with Gasteiger partial charge in [0.25, 0.3) is 0 Å². The van der Waals surface area contributed by atoms with Crippen LogP contribution in [0.5, 0.6) is 0 Å². The number of aliphatic hydroxyl groups is 3. The molecule has 55 heavy (non-hydrogen) atoms. The van der Waals surface area contributed by atoms with Crippen molar-refractivity contribution in [1.82, 2.24) is 0 Å². The minimum absolute atomic E-state index is 0.133. The summed E-state index contributed by atoms with van der Waals surface area (Å²) in [6.45, 7) is 12.1. The zero-order valence-electron chi connectivity index (χ0n) is 33.8. The first kappa shape index (κ1) is 46.9. The molecule has 0 saturated carbocycles. The first-order valence-corrected chi connectivity index (χ1v) is 20.0. The van der Waals surface area contributed by atoms with Crippen LogP contribution in [0.2, 0.25) is 0 Å². The number of hydrogen-bond acceptors (Lipinski definition) is 16. The molecule has 15 atom stereocenters. The Morgan fingerprint density at radius 2 is 0.964 bits per heavy atom. The lowest BCUT2D eigenvalue weighted by Crippen LogP contribution is -2.64. The van der Waals surface area contributed by atoms with Crippen molar-refractivity contribution in [2.75, 3.05) is 6.61 Å². The van der Waals surface area contributed by atoms with Crippen molar-refractivity contribution in [3.63, 3.8) is 0 Å². The number of rotatable bonds is 20. The molecular formula is C39H66O16. The highest BCUT2D eigenvalue weighted by atomic mass is 16.7. The van der Waals surface area contributed by atoms with E-state index in [1.165, 1.54) is 65.7 Å². The Kier molecular flexibility index (Phi) is 19.7. The van der Waals surface area contributed by atoms with Gasteiger partial charge in [-0.05, 0) is 33.6 Å². The fraction of sp³-hybridized carbons (Fsp3) is 0.897. The average molecular weight is 791 g/mol. The molecule has 0 unspecified atom stereocenters. The van der Waals surface area contributed by atoms with E-state index in [2.05, 4.69) is 6.92 Å². The third-order valence-electron chi connectivity index (χ3n) is 10.4. The molecule has 0 spiro atoms. The molecule has 0 amide bonds. The Morgan fingerprint density at radius 1 is 0.509 bits per heavy atom. The maximum atomic E-state index is 12.6. The highest BCUT2D eigenvalue weighted by Crippen LogP contribution is 2.40. The van der Waals surface area contributed by atoms with Gasteiger partial charge in [0.05, 0.1) is 24.4 Å². The van der Waals surface area contributed by atoms with Gasteiger partial charge in [0, 0.05) is 40.2 Å². The van der Waals surface area contributed by atoms with Crippen LogP contribution in [0.3, 0.4) is 0 Å². The van der Waals surface area contributed by atoms with Crippen LogP contribution >= 0.6 is 0 Å². The summed E-state index contributed by atoms with van der Waals surface area (Å²) in [6, 6.07) is 0. The number of carbonyl (C=O) groups excluding carboxylic acids is 4. The van der Waals surface area contributed by atoms with Crippen LogP contribution in [0.25, 0.3) is 0 Å². The first-order valence-electron chi connectivity index (χ1n) is 20.0. The minimum atomic E-state index is -1.50. The molecule has 3 aliphatic heterocycles. The van der Waals surface area contributed by atoms with Crippen LogP contribution in [0, 0.1) is 5.92 Å². The number of unbranched alkanes of at least 4 members (excludes halogenated alkanes) is 9. The zero-order chi connectivity index (χ0) is 40.8. The Hall–Kier alpha value is -2.44. The van der Waals surface area contributed by atoms with E-state index < -0.39 is 116 Å². The average Bonchev–Trinajstić information content (AvgIpc) is 3.10. The van der Waals surface area contributed by atoms with Crippen molar-refractivity contribution in [2.45, 2.75) is 212 Å². The van der Waals surface area contributed by atoms with E-state index in [4.69, 9.17) is 42.6 Å². The van der Waals surface area contributed by atoms with Crippen LogP contribution < -0.4 is 0 Å². The van der Waals surface area contributed by atoms with Gasteiger partial charge in [0.1, 0.15) is 30.5 Å². The molecule has 0 aromatic carbocycles. The van der Waals surface area contributed by atoms with Crippen LogP contribution in [0.15, 0.2) is 0 Å². The van der Waals surface area contributed by atoms with Gasteiger partial charge in [0.2, 0.25) is 0 Å². The van der Waals surface area contributed by atoms with Gasteiger partial charge in [-0.15, -0.1) is 0 Å². The van der Waals surface area contributed by atoms with E-state index in [1.807, 2.05) is 0 Å². The molecule has 3 fully saturated rings. The van der Waals surface area contributed by atoms with Gasteiger partial charge in [-0.1, -0.05) is 64.7 Å². The lowest BCUT2D eigenvalue weighted by molar-refractivity contribution is -0.351. The van der Waals surface area contributed by atoms with Crippen LogP contribution in [-0.2, 0) is 61.8 Å². The Balaban J connectivity index is 1.74. The minimum Gasteiger partial charge on any atom is -0.459 e. The van der Waals surface area contributed by atoms with Crippen molar-refractivity contribution in [3.8, 4) is 0 Å². The monoisotopic (exact) mass is 790 g/mol. The third-order valence-corrected chi connectivity index (χ3v) is 10.4. The van der Waals surface area contributed by atoms with E-state index in [-0.39, 0.29) is 6.42 Å². The maximum absolute atomic E-state index is 12.6. The molecule has 0 aromatic heterocycles. The van der Waals surface area contributed by atoms with Gasteiger partial charge in [-0.2, -0.15) is 0 Å². The SMILES string of the molecule is CCCCCCCCCCCCO[C@@H]1O[C@@H](C)[C@H](O[C@H]2O[C@@H](C)[C@H](OC(C)=O)[C@@H](C[C@H]3O[C@@H](C)[C@H](OC(C)=O)[C@@H](O)[C@H]3OC(C)=O)[C@H]2OC(C)=O)[C@@H](O)[C@H]1O. The highest BCUT2D eigenvalue weighted by Gasteiger charge is 2.55. The summed E-state index contributed by atoms with van der Waals surface area (Å²) in [5, 5.41) is 33.6. The molecule has 16 nitrogen and oxygen atoms in total. The zero-order valence-corrected chi connectivity index (χ0v) is 33.8. The quantitative estimate of drug-likeness (QED) is 0.0916. The molecule has 3 rings (SSSR count). The molecule has 318 valence electrons. The molecule has 0 aromatic rings. The van der Waals surface area contributed by atoms with Gasteiger partial charge in [-0.25, -0.2) is 0 Å². The summed E-state index contributed by atoms with van der Waals surface area (Å²) in [5.41, 5.74) is 0. The van der Waals surface area contributed by atoms with Crippen molar-refractivity contribution in [3.05, 3.63) is 0 Å². The third kappa shape index (κ3) is 14.2. The number of carbonyl (C=O) groups is 4. The van der Waals surface area contributed by atoms with Crippen LogP contribution in [0.4, 0.5) is 0 Å². The molecule has 3 heterocycles. The van der Waals surface area contributed by atoms with Crippen molar-refractivity contribution < 1.29 is 77.1 Å². The Labute approximate surface area is 325 Å². The van der Waals surface area contributed by atoms with E-state index >= 15 is 0 Å². The largest absolute Gasteiger partial charge is 0.459 e. The molecule has 3 saturated heterocycles. The van der Waals surface area contributed by atoms with E-state index in [1.54, 1.807) is 20.8 Å². The second kappa shape index (κ2) is 23.1. The predicted molar refractivity (Wildman–Crippen MR) is 194 cm³/mol. The summed E-state index contributed by atoms with van der Waals surface area (Å²) < 4.78 is 52.6. The summed E-state index contributed by atoms with van der Waals surface area (Å²) in [4.78, 5) is 48.9. The summed E-state index contributed by atoms with van der Waals surface area (Å²) >= 11 is 0. The smallest absolute Gasteiger partial charge is 0.303 e. The molecule has 0 radical (unpaired) electrons. The number of esters is 4. The molecule has 3 aliphatic rings. The number of ether oxygens (including phenoxy) is 9. The lowest BCUT2D eigenvalue weighted by Gasteiger charge is -2.49. The lowest BCUT2D eigenvalue weighted by atomic mass is 9.81. The second-order valence-corrected chi connectivity index (χ2v) is 15.1. The Bertz CT molecular complexity index is 1200.